The Hall–Kier alpha value is -2.17. The summed E-state index contributed by atoms with van der Waals surface area (Å²) in [6, 6.07) is 7.92. The minimum absolute atomic E-state index is 0.0703. The van der Waals surface area contributed by atoms with Gasteiger partial charge in [0, 0.05) is 30.6 Å². The molecule has 0 saturated carbocycles. The number of hydrogen-bond donors (Lipinski definition) is 1. The molecule has 24 heavy (non-hydrogen) atoms. The molecule has 0 radical (unpaired) electrons. The number of anilines is 1. The molecule has 128 valence electrons. The Bertz CT molecular complexity index is 705. The van der Waals surface area contributed by atoms with Gasteiger partial charge in [-0.3, -0.25) is 4.79 Å². The van der Waals surface area contributed by atoms with Crippen molar-refractivity contribution in [3.8, 4) is 11.4 Å². The second-order valence-electron chi connectivity index (χ2n) is 6.96. The molecule has 0 atom stereocenters. The van der Waals surface area contributed by atoms with Crippen LogP contribution in [0.25, 0.3) is 11.4 Å². The molecule has 3 rings (SSSR count). The number of benzene rings is 1. The van der Waals surface area contributed by atoms with Crippen molar-refractivity contribution < 1.29 is 4.79 Å². The van der Waals surface area contributed by atoms with E-state index in [1.165, 1.54) is 19.3 Å². The van der Waals surface area contributed by atoms with Crippen molar-refractivity contribution >= 4 is 11.6 Å². The normalized spacial score (nSPS) is 14.3. The summed E-state index contributed by atoms with van der Waals surface area (Å²) in [7, 11) is 0. The van der Waals surface area contributed by atoms with Crippen molar-refractivity contribution in [2.24, 2.45) is 5.92 Å². The van der Waals surface area contributed by atoms with Crippen LogP contribution in [0.3, 0.4) is 0 Å². The van der Waals surface area contributed by atoms with Crippen LogP contribution in [0.2, 0.25) is 0 Å². The molecule has 1 aliphatic heterocycles. The third kappa shape index (κ3) is 4.02. The Kier molecular flexibility index (Phi) is 5.28. The van der Waals surface area contributed by atoms with E-state index in [4.69, 9.17) is 0 Å². The molecule has 1 N–H and O–H groups in total. The first kappa shape index (κ1) is 16.7. The van der Waals surface area contributed by atoms with E-state index in [0.29, 0.717) is 12.3 Å². The molecule has 0 unspecified atom stereocenters. The van der Waals surface area contributed by atoms with Gasteiger partial charge in [0.25, 0.3) is 0 Å². The third-order valence-corrected chi connectivity index (χ3v) is 4.46. The third-order valence-electron chi connectivity index (χ3n) is 4.46. The molecule has 1 aliphatic rings. The van der Waals surface area contributed by atoms with E-state index < -0.39 is 0 Å². The Morgan fingerprint density at radius 2 is 2.12 bits per heavy atom. The minimum atomic E-state index is 0.0703. The molecule has 0 spiro atoms. The molecule has 0 aliphatic carbocycles. The van der Waals surface area contributed by atoms with Gasteiger partial charge in [0.1, 0.15) is 5.82 Å². The summed E-state index contributed by atoms with van der Waals surface area (Å²) < 4.78 is 2.23. The highest BCUT2D eigenvalue weighted by molar-refractivity contribution is 5.91. The number of nitrogens with one attached hydrogen (secondary N) is 1. The number of rotatable bonds is 5. The number of amides is 1. The number of hydrogen-bond acceptors (Lipinski definition) is 3. The van der Waals surface area contributed by atoms with Gasteiger partial charge in [0.05, 0.1) is 0 Å². The minimum Gasteiger partial charge on any atom is -0.326 e. The van der Waals surface area contributed by atoms with Crippen LogP contribution in [0.15, 0.2) is 24.3 Å². The van der Waals surface area contributed by atoms with E-state index >= 15 is 0 Å². The molecular weight excluding hydrogens is 300 g/mol. The fourth-order valence-corrected chi connectivity index (χ4v) is 3.08. The van der Waals surface area contributed by atoms with E-state index in [1.807, 2.05) is 24.3 Å². The predicted molar refractivity (Wildman–Crippen MR) is 95.7 cm³/mol. The molecule has 0 fully saturated rings. The lowest BCUT2D eigenvalue weighted by molar-refractivity contribution is -0.116. The number of carbonyl (C=O) groups is 1. The largest absolute Gasteiger partial charge is 0.326 e. The Morgan fingerprint density at radius 1 is 1.25 bits per heavy atom. The highest BCUT2D eigenvalue weighted by atomic mass is 16.1. The van der Waals surface area contributed by atoms with Crippen LogP contribution in [-0.2, 0) is 17.8 Å². The second kappa shape index (κ2) is 7.60. The number of aromatic nitrogens is 3. The van der Waals surface area contributed by atoms with Crippen molar-refractivity contribution in [1.29, 1.82) is 0 Å². The van der Waals surface area contributed by atoms with Gasteiger partial charge in [-0.05, 0) is 37.3 Å². The first-order valence-corrected chi connectivity index (χ1v) is 8.96. The molecule has 0 saturated heterocycles. The van der Waals surface area contributed by atoms with Crippen molar-refractivity contribution in [2.75, 3.05) is 5.32 Å². The lowest BCUT2D eigenvalue weighted by atomic mass is 10.1. The van der Waals surface area contributed by atoms with Crippen molar-refractivity contribution in [2.45, 2.75) is 58.9 Å². The van der Waals surface area contributed by atoms with Gasteiger partial charge in [-0.2, -0.15) is 0 Å². The van der Waals surface area contributed by atoms with Gasteiger partial charge in [-0.15, -0.1) is 10.2 Å². The van der Waals surface area contributed by atoms with E-state index in [0.717, 1.165) is 42.3 Å². The summed E-state index contributed by atoms with van der Waals surface area (Å²) in [4.78, 5) is 12.0. The van der Waals surface area contributed by atoms with E-state index in [-0.39, 0.29) is 5.91 Å². The van der Waals surface area contributed by atoms with Crippen LogP contribution in [0.1, 0.15) is 51.8 Å². The Morgan fingerprint density at radius 3 is 2.96 bits per heavy atom. The monoisotopic (exact) mass is 326 g/mol. The Labute approximate surface area is 143 Å². The van der Waals surface area contributed by atoms with Gasteiger partial charge in [-0.1, -0.05) is 32.4 Å². The topological polar surface area (TPSA) is 59.8 Å². The van der Waals surface area contributed by atoms with Gasteiger partial charge < -0.3 is 9.88 Å². The SMILES string of the molecule is CC(C)CCC(=O)Nc1cccc(-c2nnc3n2CCCCC3)c1. The fraction of sp³-hybridized carbons (Fsp3) is 0.526. The Balaban J connectivity index is 1.76. The van der Waals surface area contributed by atoms with Crippen LogP contribution in [0.5, 0.6) is 0 Å². The molecule has 1 aromatic carbocycles. The first-order valence-electron chi connectivity index (χ1n) is 8.96. The number of aryl methyl sites for hydroxylation is 1. The van der Waals surface area contributed by atoms with Crippen molar-refractivity contribution in [3.05, 3.63) is 30.1 Å². The molecular formula is C19H26N4O. The van der Waals surface area contributed by atoms with Crippen LogP contribution in [-0.4, -0.2) is 20.7 Å². The van der Waals surface area contributed by atoms with E-state index in [9.17, 15) is 4.79 Å². The summed E-state index contributed by atoms with van der Waals surface area (Å²) in [5.74, 6) is 2.59. The highest BCUT2D eigenvalue weighted by Crippen LogP contribution is 2.25. The van der Waals surface area contributed by atoms with Crippen LogP contribution < -0.4 is 5.32 Å². The summed E-state index contributed by atoms with van der Waals surface area (Å²) in [6.45, 7) is 5.23. The van der Waals surface area contributed by atoms with Crippen molar-refractivity contribution in [3.63, 3.8) is 0 Å². The molecule has 1 amide bonds. The predicted octanol–water partition coefficient (Wildman–Crippen LogP) is 4.05. The van der Waals surface area contributed by atoms with Gasteiger partial charge in [0.2, 0.25) is 5.91 Å². The maximum Gasteiger partial charge on any atom is 0.224 e. The van der Waals surface area contributed by atoms with Crippen LogP contribution in [0, 0.1) is 5.92 Å². The summed E-state index contributed by atoms with van der Waals surface area (Å²) in [5, 5.41) is 11.7. The smallest absolute Gasteiger partial charge is 0.224 e. The average molecular weight is 326 g/mol. The van der Waals surface area contributed by atoms with Crippen molar-refractivity contribution in [1.82, 2.24) is 14.8 Å². The van der Waals surface area contributed by atoms with Gasteiger partial charge in [-0.25, -0.2) is 0 Å². The van der Waals surface area contributed by atoms with E-state index in [2.05, 4.69) is 33.9 Å². The standard InChI is InChI=1S/C19H26N4O/c1-14(2)10-11-18(24)20-16-8-6-7-15(13-16)19-22-21-17-9-4-3-5-12-23(17)19/h6-8,13-14H,3-5,9-12H2,1-2H3,(H,20,24). The molecule has 2 aromatic rings. The van der Waals surface area contributed by atoms with Gasteiger partial charge >= 0.3 is 0 Å². The molecule has 5 nitrogen and oxygen atoms in total. The molecule has 1 aromatic heterocycles. The zero-order valence-electron chi connectivity index (χ0n) is 14.6. The second-order valence-corrected chi connectivity index (χ2v) is 6.96. The number of fused-ring (bicyclic) bond motifs is 1. The maximum atomic E-state index is 12.0. The van der Waals surface area contributed by atoms with E-state index in [1.54, 1.807) is 0 Å². The highest BCUT2D eigenvalue weighted by Gasteiger charge is 2.16. The molecule has 0 bridgehead atoms. The lowest BCUT2D eigenvalue weighted by Gasteiger charge is -2.10. The summed E-state index contributed by atoms with van der Waals surface area (Å²) >= 11 is 0. The van der Waals surface area contributed by atoms with Gasteiger partial charge in [0.15, 0.2) is 5.82 Å². The maximum absolute atomic E-state index is 12.0. The lowest BCUT2D eigenvalue weighted by Crippen LogP contribution is -2.12. The zero-order chi connectivity index (χ0) is 16.9. The summed E-state index contributed by atoms with van der Waals surface area (Å²) in [5.41, 5.74) is 1.84. The average Bonchev–Trinajstić information content (AvgIpc) is 2.82. The number of carbonyl (C=O) groups excluding carboxylic acids is 1. The summed E-state index contributed by atoms with van der Waals surface area (Å²) in [6.07, 6.45) is 6.06. The first-order chi connectivity index (χ1) is 11.6. The molecule has 5 heteroatoms. The zero-order valence-corrected chi connectivity index (χ0v) is 14.6. The number of nitrogens with zero attached hydrogens (tertiary/aromatic N) is 3. The fourth-order valence-electron chi connectivity index (χ4n) is 3.08. The van der Waals surface area contributed by atoms with Crippen LogP contribution >= 0.6 is 0 Å². The van der Waals surface area contributed by atoms with Crippen LogP contribution in [0.4, 0.5) is 5.69 Å². The quantitative estimate of drug-likeness (QED) is 0.902. The molecule has 2 heterocycles.